The highest BCUT2D eigenvalue weighted by atomic mass is 19.1. The van der Waals surface area contributed by atoms with Crippen LogP contribution >= 0.6 is 0 Å². The zero-order valence-electron chi connectivity index (χ0n) is 13.6. The molecule has 3 atom stereocenters. The first kappa shape index (κ1) is 17.0. The quantitative estimate of drug-likeness (QED) is 0.846. The highest BCUT2D eigenvalue weighted by Gasteiger charge is 2.48. The van der Waals surface area contributed by atoms with Gasteiger partial charge in [-0.3, -0.25) is 9.59 Å². The predicted octanol–water partition coefficient (Wildman–Crippen LogP) is 2.76. The van der Waals surface area contributed by atoms with E-state index in [1.807, 2.05) is 12.1 Å². The number of carboxylic acids is 1. The molecule has 0 radical (unpaired) electrons. The minimum absolute atomic E-state index is 0.308. The van der Waals surface area contributed by atoms with Gasteiger partial charge in [0.15, 0.2) is 0 Å². The number of methoxy groups -OCH3 is 1. The van der Waals surface area contributed by atoms with E-state index in [1.54, 1.807) is 31.4 Å². The van der Waals surface area contributed by atoms with Crippen LogP contribution in [0, 0.1) is 17.7 Å². The van der Waals surface area contributed by atoms with Crippen molar-refractivity contribution in [2.45, 2.75) is 12.5 Å². The van der Waals surface area contributed by atoms with Crippen molar-refractivity contribution in [2.75, 3.05) is 7.11 Å². The lowest BCUT2D eigenvalue weighted by atomic mass is 9.98. The molecule has 1 fully saturated rings. The molecule has 1 amide bonds. The average Bonchev–Trinajstić information content (AvgIpc) is 3.42. The van der Waals surface area contributed by atoms with Gasteiger partial charge in [-0.15, -0.1) is 0 Å². The molecule has 25 heavy (non-hydrogen) atoms. The lowest BCUT2D eigenvalue weighted by Crippen LogP contribution is -2.31. The van der Waals surface area contributed by atoms with E-state index in [0.717, 1.165) is 5.56 Å². The van der Waals surface area contributed by atoms with Gasteiger partial charge in [0, 0.05) is 0 Å². The summed E-state index contributed by atoms with van der Waals surface area (Å²) in [5.74, 6) is -2.08. The number of rotatable bonds is 6. The van der Waals surface area contributed by atoms with Gasteiger partial charge in [-0.1, -0.05) is 24.3 Å². The number of halogens is 1. The molecule has 2 aromatic carbocycles. The molecule has 1 aliphatic rings. The zero-order valence-corrected chi connectivity index (χ0v) is 13.6. The van der Waals surface area contributed by atoms with Crippen LogP contribution in [0.25, 0.3) is 0 Å². The highest BCUT2D eigenvalue weighted by Crippen LogP contribution is 2.39. The molecule has 0 spiro atoms. The van der Waals surface area contributed by atoms with Crippen LogP contribution in [0.5, 0.6) is 5.75 Å². The third kappa shape index (κ3) is 3.79. The second-order valence-electron chi connectivity index (χ2n) is 6.05. The second kappa shape index (κ2) is 6.93. The fourth-order valence-electron chi connectivity index (χ4n) is 2.82. The van der Waals surface area contributed by atoms with Crippen LogP contribution in [0.1, 0.15) is 23.6 Å². The van der Waals surface area contributed by atoms with E-state index in [-0.39, 0.29) is 11.7 Å². The van der Waals surface area contributed by atoms with Gasteiger partial charge in [0.1, 0.15) is 11.6 Å². The van der Waals surface area contributed by atoms with Crippen LogP contribution in [-0.4, -0.2) is 24.1 Å². The Bertz CT molecular complexity index is 773. The first-order chi connectivity index (χ1) is 12.0. The van der Waals surface area contributed by atoms with Gasteiger partial charge in [0.25, 0.3) is 0 Å². The SMILES string of the molecule is COc1ccc([C@H](NC(=O)[C@@H]2C[C@H]2C(=O)O)c2ccc(F)cc2)cc1. The van der Waals surface area contributed by atoms with E-state index in [4.69, 9.17) is 9.84 Å². The fraction of sp³-hybridized carbons (Fsp3) is 0.263. The summed E-state index contributed by atoms with van der Waals surface area (Å²) in [5, 5.41) is 11.9. The normalized spacial score (nSPS) is 19.8. The fourth-order valence-corrected chi connectivity index (χ4v) is 2.82. The van der Waals surface area contributed by atoms with Gasteiger partial charge >= 0.3 is 5.97 Å². The van der Waals surface area contributed by atoms with E-state index < -0.39 is 23.8 Å². The molecule has 1 aliphatic carbocycles. The molecular weight excluding hydrogens is 325 g/mol. The second-order valence-corrected chi connectivity index (χ2v) is 6.05. The van der Waals surface area contributed by atoms with Gasteiger partial charge in [0.2, 0.25) is 5.91 Å². The van der Waals surface area contributed by atoms with Crippen molar-refractivity contribution < 1.29 is 23.8 Å². The molecule has 6 heteroatoms. The van der Waals surface area contributed by atoms with E-state index in [1.165, 1.54) is 12.1 Å². The summed E-state index contributed by atoms with van der Waals surface area (Å²) >= 11 is 0. The smallest absolute Gasteiger partial charge is 0.307 e. The van der Waals surface area contributed by atoms with Gasteiger partial charge in [0.05, 0.1) is 25.0 Å². The summed E-state index contributed by atoms with van der Waals surface area (Å²) in [5.41, 5.74) is 1.51. The number of aliphatic carboxylic acids is 1. The average molecular weight is 343 g/mol. The number of ether oxygens (including phenoxy) is 1. The number of carbonyl (C=O) groups is 2. The first-order valence-electron chi connectivity index (χ1n) is 7.92. The minimum Gasteiger partial charge on any atom is -0.497 e. The maximum Gasteiger partial charge on any atom is 0.307 e. The predicted molar refractivity (Wildman–Crippen MR) is 88.6 cm³/mol. The van der Waals surface area contributed by atoms with Crippen molar-refractivity contribution in [3.05, 3.63) is 65.5 Å². The lowest BCUT2D eigenvalue weighted by molar-refractivity contribution is -0.140. The summed E-state index contributed by atoms with van der Waals surface area (Å²) < 4.78 is 18.4. The van der Waals surface area contributed by atoms with Crippen LogP contribution in [0.3, 0.4) is 0 Å². The first-order valence-corrected chi connectivity index (χ1v) is 7.92. The Balaban J connectivity index is 1.85. The van der Waals surface area contributed by atoms with E-state index in [0.29, 0.717) is 17.7 Å². The number of carboxylic acid groups (broad SMARTS) is 1. The Morgan fingerprint density at radius 2 is 1.64 bits per heavy atom. The molecule has 2 N–H and O–H groups in total. The topological polar surface area (TPSA) is 75.6 Å². The number of carbonyl (C=O) groups excluding carboxylic acids is 1. The molecule has 2 aromatic rings. The standard InChI is InChI=1S/C19H18FNO4/c1-25-14-8-4-12(5-9-14)17(11-2-6-13(20)7-3-11)21-18(22)15-10-16(15)19(23)24/h2-9,15-17H,10H2,1H3,(H,21,22)(H,23,24)/t15-,16-,17-/m1/s1. The summed E-state index contributed by atoms with van der Waals surface area (Å²) in [6.45, 7) is 0. The monoisotopic (exact) mass is 343 g/mol. The molecule has 130 valence electrons. The number of hydrogen-bond acceptors (Lipinski definition) is 3. The third-order valence-corrected chi connectivity index (χ3v) is 4.38. The number of amides is 1. The maximum atomic E-state index is 13.2. The van der Waals surface area contributed by atoms with Crippen molar-refractivity contribution in [1.82, 2.24) is 5.32 Å². The molecule has 0 heterocycles. The van der Waals surface area contributed by atoms with E-state index in [2.05, 4.69) is 5.32 Å². The third-order valence-electron chi connectivity index (χ3n) is 4.38. The van der Waals surface area contributed by atoms with Gasteiger partial charge in [-0.05, 0) is 41.8 Å². The van der Waals surface area contributed by atoms with E-state index >= 15 is 0 Å². The Kier molecular flexibility index (Phi) is 4.70. The Morgan fingerprint density at radius 1 is 1.08 bits per heavy atom. The van der Waals surface area contributed by atoms with Crippen molar-refractivity contribution in [3.63, 3.8) is 0 Å². The highest BCUT2D eigenvalue weighted by molar-refractivity contribution is 5.89. The number of benzene rings is 2. The Labute approximate surface area is 144 Å². The summed E-state index contributed by atoms with van der Waals surface area (Å²) in [4.78, 5) is 23.4. The van der Waals surface area contributed by atoms with Crippen LogP contribution in [0.15, 0.2) is 48.5 Å². The van der Waals surface area contributed by atoms with Gasteiger partial charge < -0.3 is 15.2 Å². The minimum atomic E-state index is -0.956. The lowest BCUT2D eigenvalue weighted by Gasteiger charge is -2.20. The number of nitrogens with one attached hydrogen (secondary N) is 1. The van der Waals surface area contributed by atoms with Crippen molar-refractivity contribution in [3.8, 4) is 5.75 Å². The molecule has 0 unspecified atom stereocenters. The molecule has 0 aliphatic heterocycles. The Morgan fingerprint density at radius 3 is 2.12 bits per heavy atom. The van der Waals surface area contributed by atoms with Gasteiger partial charge in [-0.2, -0.15) is 0 Å². The molecule has 0 saturated heterocycles. The van der Waals surface area contributed by atoms with Crippen molar-refractivity contribution >= 4 is 11.9 Å². The zero-order chi connectivity index (χ0) is 18.0. The summed E-state index contributed by atoms with van der Waals surface area (Å²) in [6.07, 6.45) is 0.347. The van der Waals surface area contributed by atoms with Crippen LogP contribution in [-0.2, 0) is 9.59 Å². The van der Waals surface area contributed by atoms with Crippen LogP contribution in [0.4, 0.5) is 4.39 Å². The van der Waals surface area contributed by atoms with Crippen LogP contribution < -0.4 is 10.1 Å². The Hall–Kier alpha value is -2.89. The molecule has 1 saturated carbocycles. The summed E-state index contributed by atoms with van der Waals surface area (Å²) in [7, 11) is 1.56. The molecule has 0 bridgehead atoms. The van der Waals surface area contributed by atoms with E-state index in [9.17, 15) is 14.0 Å². The maximum absolute atomic E-state index is 13.2. The molecular formula is C19H18FNO4. The van der Waals surface area contributed by atoms with Gasteiger partial charge in [-0.25, -0.2) is 4.39 Å². The number of hydrogen-bond donors (Lipinski definition) is 2. The summed E-state index contributed by atoms with van der Waals surface area (Å²) in [6, 6.07) is 12.5. The van der Waals surface area contributed by atoms with Crippen molar-refractivity contribution in [2.24, 2.45) is 11.8 Å². The molecule has 5 nitrogen and oxygen atoms in total. The van der Waals surface area contributed by atoms with Crippen LogP contribution in [0.2, 0.25) is 0 Å². The largest absolute Gasteiger partial charge is 0.497 e. The van der Waals surface area contributed by atoms with Crippen molar-refractivity contribution in [1.29, 1.82) is 0 Å². The molecule has 3 rings (SSSR count). The molecule has 0 aromatic heterocycles.